The molecule has 0 saturated carbocycles. The number of fused-ring (bicyclic) bond motifs is 1. The van der Waals surface area contributed by atoms with E-state index < -0.39 is 0 Å². The Morgan fingerprint density at radius 3 is 2.96 bits per heavy atom. The highest BCUT2D eigenvalue weighted by molar-refractivity contribution is 7.22. The third kappa shape index (κ3) is 2.99. The number of pyridine rings is 1. The zero-order chi connectivity index (χ0) is 17.4. The van der Waals surface area contributed by atoms with Crippen molar-refractivity contribution in [3.05, 3.63) is 65.1 Å². The number of thiazole rings is 1. The molecule has 0 spiro atoms. The average molecular weight is 370 g/mol. The van der Waals surface area contributed by atoms with Crippen LogP contribution >= 0.6 is 22.9 Å². The topological polar surface area (TPSA) is 72.7 Å². The minimum absolute atomic E-state index is 0.259. The van der Waals surface area contributed by atoms with E-state index in [2.05, 4.69) is 20.4 Å². The molecule has 0 radical (unpaired) electrons. The number of halogens is 1. The Balaban J connectivity index is 1.61. The zero-order valence-electron chi connectivity index (χ0n) is 13.1. The SMILES string of the molecule is Cc1c(C(=O)Nc2nc3ccc(Cl)cc3s2)cnn1-c1ccccn1. The summed E-state index contributed by atoms with van der Waals surface area (Å²) in [6, 6.07) is 11.0. The molecule has 0 saturated heterocycles. The number of rotatable bonds is 3. The number of carbonyl (C=O) groups is 1. The number of carbonyl (C=O) groups excluding carboxylic acids is 1. The van der Waals surface area contributed by atoms with E-state index in [9.17, 15) is 4.79 Å². The molecule has 4 aromatic rings. The van der Waals surface area contributed by atoms with Crippen molar-refractivity contribution in [2.24, 2.45) is 0 Å². The van der Waals surface area contributed by atoms with Crippen molar-refractivity contribution in [1.29, 1.82) is 0 Å². The molecular weight excluding hydrogens is 358 g/mol. The largest absolute Gasteiger partial charge is 0.298 e. The summed E-state index contributed by atoms with van der Waals surface area (Å²) >= 11 is 7.36. The molecule has 124 valence electrons. The summed E-state index contributed by atoms with van der Waals surface area (Å²) in [4.78, 5) is 21.2. The molecule has 0 unspecified atom stereocenters. The first kappa shape index (κ1) is 15.7. The molecule has 0 aliphatic rings. The fraction of sp³-hybridized carbons (Fsp3) is 0.0588. The van der Waals surface area contributed by atoms with Crippen LogP contribution in [0.1, 0.15) is 16.1 Å². The van der Waals surface area contributed by atoms with Gasteiger partial charge in [-0.3, -0.25) is 10.1 Å². The van der Waals surface area contributed by atoms with E-state index in [0.29, 0.717) is 27.2 Å². The van der Waals surface area contributed by atoms with Gasteiger partial charge in [-0.1, -0.05) is 29.0 Å². The third-order valence-corrected chi connectivity index (χ3v) is 4.86. The van der Waals surface area contributed by atoms with Crippen molar-refractivity contribution >= 4 is 44.2 Å². The lowest BCUT2D eigenvalue weighted by atomic mass is 10.2. The van der Waals surface area contributed by atoms with Crippen molar-refractivity contribution in [2.45, 2.75) is 6.92 Å². The monoisotopic (exact) mass is 369 g/mol. The lowest BCUT2D eigenvalue weighted by Gasteiger charge is -2.04. The second kappa shape index (κ2) is 6.27. The molecule has 1 aromatic carbocycles. The van der Waals surface area contributed by atoms with Crippen LogP contribution in [0, 0.1) is 6.92 Å². The first-order valence-electron chi connectivity index (χ1n) is 7.45. The number of hydrogen-bond donors (Lipinski definition) is 1. The number of hydrogen-bond acceptors (Lipinski definition) is 5. The summed E-state index contributed by atoms with van der Waals surface area (Å²) in [6.45, 7) is 1.83. The summed E-state index contributed by atoms with van der Waals surface area (Å²) in [5.41, 5.74) is 1.98. The summed E-state index contributed by atoms with van der Waals surface area (Å²) in [6.07, 6.45) is 3.21. The van der Waals surface area contributed by atoms with Gasteiger partial charge in [-0.2, -0.15) is 5.10 Å². The molecule has 3 aromatic heterocycles. The third-order valence-electron chi connectivity index (χ3n) is 3.69. The predicted molar refractivity (Wildman–Crippen MR) is 98.7 cm³/mol. The lowest BCUT2D eigenvalue weighted by molar-refractivity contribution is 0.102. The molecule has 0 bridgehead atoms. The highest BCUT2D eigenvalue weighted by atomic mass is 35.5. The summed E-state index contributed by atoms with van der Waals surface area (Å²) < 4.78 is 2.55. The quantitative estimate of drug-likeness (QED) is 0.590. The van der Waals surface area contributed by atoms with Gasteiger partial charge in [0, 0.05) is 11.2 Å². The Bertz CT molecular complexity index is 1070. The van der Waals surface area contributed by atoms with Gasteiger partial charge < -0.3 is 0 Å². The molecule has 6 nitrogen and oxygen atoms in total. The maximum atomic E-state index is 12.6. The maximum Gasteiger partial charge on any atom is 0.260 e. The van der Waals surface area contributed by atoms with E-state index in [-0.39, 0.29) is 5.91 Å². The van der Waals surface area contributed by atoms with Crippen molar-refractivity contribution in [3.8, 4) is 5.82 Å². The van der Waals surface area contributed by atoms with Crippen LogP contribution in [0.25, 0.3) is 16.0 Å². The van der Waals surface area contributed by atoms with Crippen LogP contribution in [-0.2, 0) is 0 Å². The molecule has 3 heterocycles. The molecular formula is C17H12ClN5OS. The van der Waals surface area contributed by atoms with Crippen LogP contribution in [0.2, 0.25) is 5.02 Å². The van der Waals surface area contributed by atoms with Crippen molar-refractivity contribution in [3.63, 3.8) is 0 Å². The van der Waals surface area contributed by atoms with E-state index >= 15 is 0 Å². The summed E-state index contributed by atoms with van der Waals surface area (Å²) in [7, 11) is 0. The maximum absolute atomic E-state index is 12.6. The minimum atomic E-state index is -0.259. The van der Waals surface area contributed by atoms with Crippen LogP contribution < -0.4 is 5.32 Å². The number of nitrogens with one attached hydrogen (secondary N) is 1. The summed E-state index contributed by atoms with van der Waals surface area (Å²) in [5, 5.41) is 8.25. The molecule has 25 heavy (non-hydrogen) atoms. The summed E-state index contributed by atoms with van der Waals surface area (Å²) in [5.74, 6) is 0.401. The van der Waals surface area contributed by atoms with Gasteiger partial charge in [-0.15, -0.1) is 0 Å². The molecule has 0 aliphatic carbocycles. The smallest absolute Gasteiger partial charge is 0.260 e. The van der Waals surface area contributed by atoms with Crippen LogP contribution in [-0.4, -0.2) is 25.7 Å². The van der Waals surface area contributed by atoms with Crippen LogP contribution in [0.4, 0.5) is 5.13 Å². The van der Waals surface area contributed by atoms with Gasteiger partial charge in [0.25, 0.3) is 5.91 Å². The first-order valence-corrected chi connectivity index (χ1v) is 8.65. The molecule has 0 fully saturated rings. The van der Waals surface area contributed by atoms with E-state index in [1.165, 1.54) is 17.5 Å². The van der Waals surface area contributed by atoms with E-state index in [4.69, 9.17) is 11.6 Å². The van der Waals surface area contributed by atoms with Crippen molar-refractivity contribution in [1.82, 2.24) is 19.7 Å². The fourth-order valence-electron chi connectivity index (χ4n) is 2.46. The van der Waals surface area contributed by atoms with Gasteiger partial charge >= 0.3 is 0 Å². The first-order chi connectivity index (χ1) is 12.1. The predicted octanol–water partition coefficient (Wildman–Crippen LogP) is 4.09. The lowest BCUT2D eigenvalue weighted by Crippen LogP contribution is -2.13. The van der Waals surface area contributed by atoms with E-state index in [0.717, 1.165) is 10.2 Å². The highest BCUT2D eigenvalue weighted by Gasteiger charge is 2.17. The normalized spacial score (nSPS) is 11.0. The highest BCUT2D eigenvalue weighted by Crippen LogP contribution is 2.28. The second-order valence-electron chi connectivity index (χ2n) is 5.33. The number of amides is 1. The van der Waals surface area contributed by atoms with Crippen LogP contribution in [0.15, 0.2) is 48.8 Å². The Morgan fingerprint density at radius 2 is 2.16 bits per heavy atom. The molecule has 1 N–H and O–H groups in total. The van der Waals surface area contributed by atoms with Gasteiger partial charge in [0.2, 0.25) is 0 Å². The zero-order valence-corrected chi connectivity index (χ0v) is 14.7. The van der Waals surface area contributed by atoms with Gasteiger partial charge in [0.05, 0.1) is 27.7 Å². The second-order valence-corrected chi connectivity index (χ2v) is 6.80. The Labute approximate surface area is 152 Å². The van der Waals surface area contributed by atoms with Gasteiger partial charge in [-0.25, -0.2) is 14.6 Å². The number of aromatic nitrogens is 4. The average Bonchev–Trinajstić information content (AvgIpc) is 3.18. The number of nitrogens with zero attached hydrogens (tertiary/aromatic N) is 4. The molecule has 8 heteroatoms. The Hall–Kier alpha value is -2.77. The fourth-order valence-corrected chi connectivity index (χ4v) is 3.60. The van der Waals surface area contributed by atoms with Crippen molar-refractivity contribution in [2.75, 3.05) is 5.32 Å². The van der Waals surface area contributed by atoms with Gasteiger partial charge in [0.15, 0.2) is 10.9 Å². The number of anilines is 1. The molecule has 0 aliphatic heterocycles. The van der Waals surface area contributed by atoms with Crippen molar-refractivity contribution < 1.29 is 4.79 Å². The molecule has 4 rings (SSSR count). The molecule has 1 amide bonds. The minimum Gasteiger partial charge on any atom is -0.298 e. The standard InChI is InChI=1S/C17H12ClN5OS/c1-10-12(9-20-23(10)15-4-2-3-7-19-15)16(24)22-17-21-13-6-5-11(18)8-14(13)25-17/h2-9H,1H3,(H,21,22,24). The van der Waals surface area contributed by atoms with Crippen LogP contribution in [0.3, 0.4) is 0 Å². The van der Waals surface area contributed by atoms with Gasteiger partial charge in [0.1, 0.15) is 0 Å². The Morgan fingerprint density at radius 1 is 1.28 bits per heavy atom. The van der Waals surface area contributed by atoms with Crippen LogP contribution in [0.5, 0.6) is 0 Å². The number of benzene rings is 1. The van der Waals surface area contributed by atoms with Gasteiger partial charge in [-0.05, 0) is 37.3 Å². The van der Waals surface area contributed by atoms with E-state index in [1.807, 2.05) is 37.3 Å². The van der Waals surface area contributed by atoms with E-state index in [1.54, 1.807) is 16.9 Å². The Kier molecular flexibility index (Phi) is 3.95. The molecule has 0 atom stereocenters.